The number of furan rings is 1. The summed E-state index contributed by atoms with van der Waals surface area (Å²) in [4.78, 5) is 5.53. The minimum Gasteiger partial charge on any atom is -0.455 e. The molecule has 0 spiro atoms. The van der Waals surface area contributed by atoms with E-state index in [9.17, 15) is 0 Å². The summed E-state index contributed by atoms with van der Waals surface area (Å²) in [6.07, 6.45) is -0.400. The number of aromatic nitrogens is 1. The molecule has 1 aliphatic rings. The highest BCUT2D eigenvalue weighted by Crippen LogP contribution is 2.43. The van der Waals surface area contributed by atoms with Crippen LogP contribution in [0.5, 0.6) is 0 Å². The maximum Gasteiger partial charge on any atom is 0.201 e. The molecule has 1 atom stereocenters. The van der Waals surface area contributed by atoms with Crippen molar-refractivity contribution < 1.29 is 4.42 Å². The van der Waals surface area contributed by atoms with Crippen molar-refractivity contribution in [3.63, 3.8) is 0 Å². The van der Waals surface area contributed by atoms with Crippen LogP contribution in [0.1, 0.15) is 17.4 Å². The van der Waals surface area contributed by atoms with Crippen molar-refractivity contribution in [3.05, 3.63) is 175 Å². The molecule has 0 fully saturated rings. The third-order valence-corrected chi connectivity index (χ3v) is 9.62. The Bertz CT molecular complexity index is 2700. The molecule has 4 nitrogen and oxygen atoms in total. The van der Waals surface area contributed by atoms with E-state index in [1.54, 1.807) is 0 Å². The van der Waals surface area contributed by atoms with E-state index in [1.165, 1.54) is 16.7 Å². The number of benzene rings is 7. The van der Waals surface area contributed by atoms with Crippen molar-refractivity contribution >= 4 is 55.1 Å². The Kier molecular flexibility index (Phi) is 5.90. The van der Waals surface area contributed by atoms with E-state index in [-0.39, 0.29) is 0 Å². The molecule has 1 aliphatic heterocycles. The van der Waals surface area contributed by atoms with Crippen molar-refractivity contribution in [2.24, 2.45) is 4.99 Å². The summed E-state index contributed by atoms with van der Waals surface area (Å²) < 4.78 is 8.97. The van der Waals surface area contributed by atoms with E-state index >= 15 is 0 Å². The molecule has 0 saturated carbocycles. The molecular formula is C44H29N3O. The predicted molar refractivity (Wildman–Crippen MR) is 199 cm³/mol. The van der Waals surface area contributed by atoms with Gasteiger partial charge in [-0.15, -0.1) is 0 Å². The standard InChI is InChI=1S/C44H29N3O/c1-3-12-28(13-4-1)30-16-11-17-32(26-30)42-35-19-7-9-20-37(35)45-44(46-42)47-38-25-24-34-33-18-8-10-21-40(33)48-43(34)41(38)36-23-22-31(27-39(36)47)29-14-5-2-6-15-29/h1-27,44-45H. The van der Waals surface area contributed by atoms with Gasteiger partial charge in [0.2, 0.25) is 6.29 Å². The Hall–Kier alpha value is -6.39. The minimum atomic E-state index is -0.400. The van der Waals surface area contributed by atoms with Crippen LogP contribution in [0.3, 0.4) is 0 Å². The van der Waals surface area contributed by atoms with Crippen LogP contribution >= 0.6 is 0 Å². The molecule has 0 amide bonds. The lowest BCUT2D eigenvalue weighted by Gasteiger charge is -2.28. The van der Waals surface area contributed by atoms with E-state index < -0.39 is 6.29 Å². The number of aliphatic imine (C=N–C) groups is 1. The zero-order chi connectivity index (χ0) is 31.6. The largest absolute Gasteiger partial charge is 0.455 e. The fraction of sp³-hybridized carbons (Fsp3) is 0.0227. The zero-order valence-electron chi connectivity index (χ0n) is 26.0. The zero-order valence-corrected chi connectivity index (χ0v) is 26.0. The lowest BCUT2D eigenvalue weighted by atomic mass is 9.96. The molecule has 4 heteroatoms. The molecular weight excluding hydrogens is 587 g/mol. The quantitative estimate of drug-likeness (QED) is 0.214. The average molecular weight is 616 g/mol. The fourth-order valence-corrected chi connectivity index (χ4v) is 7.39. The predicted octanol–water partition coefficient (Wildman–Crippen LogP) is 11.4. The van der Waals surface area contributed by atoms with E-state index in [1.807, 2.05) is 12.1 Å². The highest BCUT2D eigenvalue weighted by atomic mass is 16.3. The second kappa shape index (κ2) is 10.6. The summed E-state index contributed by atoms with van der Waals surface area (Å²) in [6, 6.07) is 57.8. The van der Waals surface area contributed by atoms with Crippen LogP contribution in [-0.2, 0) is 0 Å². The van der Waals surface area contributed by atoms with Crippen LogP contribution in [0.2, 0.25) is 0 Å². The van der Waals surface area contributed by atoms with Gasteiger partial charge in [0.1, 0.15) is 11.2 Å². The molecule has 9 aromatic rings. The van der Waals surface area contributed by atoms with Gasteiger partial charge in [0, 0.05) is 33.0 Å². The summed E-state index contributed by atoms with van der Waals surface area (Å²) in [5.41, 5.74) is 12.8. The Morgan fingerprint density at radius 1 is 0.500 bits per heavy atom. The van der Waals surface area contributed by atoms with Crippen molar-refractivity contribution in [2.75, 3.05) is 5.32 Å². The monoisotopic (exact) mass is 615 g/mol. The third-order valence-electron chi connectivity index (χ3n) is 9.62. The minimum absolute atomic E-state index is 0.400. The summed E-state index contributed by atoms with van der Waals surface area (Å²) in [6.45, 7) is 0. The van der Waals surface area contributed by atoms with Gasteiger partial charge < -0.3 is 14.3 Å². The van der Waals surface area contributed by atoms with Gasteiger partial charge in [-0.25, -0.2) is 4.99 Å². The van der Waals surface area contributed by atoms with Crippen LogP contribution in [-0.4, -0.2) is 10.3 Å². The van der Waals surface area contributed by atoms with Crippen LogP contribution in [0.15, 0.2) is 173 Å². The van der Waals surface area contributed by atoms with Gasteiger partial charge >= 0.3 is 0 Å². The Balaban J connectivity index is 1.25. The molecule has 3 heterocycles. The topological polar surface area (TPSA) is 42.5 Å². The van der Waals surface area contributed by atoms with E-state index in [2.05, 4.69) is 162 Å². The Morgan fingerprint density at radius 2 is 1.17 bits per heavy atom. The second-order valence-corrected chi connectivity index (χ2v) is 12.4. The number of hydrogen-bond donors (Lipinski definition) is 1. The molecule has 226 valence electrons. The molecule has 10 rings (SSSR count). The second-order valence-electron chi connectivity index (χ2n) is 12.4. The van der Waals surface area contributed by atoms with Crippen LogP contribution in [0.25, 0.3) is 66.0 Å². The molecule has 1 N–H and O–H groups in total. The van der Waals surface area contributed by atoms with Crippen LogP contribution < -0.4 is 5.32 Å². The highest BCUT2D eigenvalue weighted by Gasteiger charge is 2.27. The van der Waals surface area contributed by atoms with Crippen molar-refractivity contribution in [1.82, 2.24) is 4.57 Å². The summed E-state index contributed by atoms with van der Waals surface area (Å²) in [5, 5.41) is 8.29. The van der Waals surface area contributed by atoms with Crippen molar-refractivity contribution in [1.29, 1.82) is 0 Å². The fourth-order valence-electron chi connectivity index (χ4n) is 7.39. The van der Waals surface area contributed by atoms with E-state index in [4.69, 9.17) is 9.41 Å². The van der Waals surface area contributed by atoms with Crippen LogP contribution in [0.4, 0.5) is 5.69 Å². The van der Waals surface area contributed by atoms with Crippen molar-refractivity contribution in [3.8, 4) is 22.3 Å². The maximum absolute atomic E-state index is 6.62. The first-order valence-electron chi connectivity index (χ1n) is 16.3. The first-order chi connectivity index (χ1) is 23.8. The normalized spacial score (nSPS) is 14.3. The molecule has 0 saturated heterocycles. The number of nitrogens with one attached hydrogen (secondary N) is 1. The molecule has 1 unspecified atom stereocenters. The highest BCUT2D eigenvalue weighted by molar-refractivity contribution is 6.24. The first-order valence-corrected chi connectivity index (χ1v) is 16.3. The number of hydrogen-bond acceptors (Lipinski definition) is 3. The molecule has 7 aromatic carbocycles. The van der Waals surface area contributed by atoms with Crippen molar-refractivity contribution in [2.45, 2.75) is 6.29 Å². The van der Waals surface area contributed by atoms with Crippen LogP contribution in [0, 0.1) is 0 Å². The lowest BCUT2D eigenvalue weighted by molar-refractivity contribution is 0.624. The summed E-state index contributed by atoms with van der Waals surface area (Å²) in [5.74, 6) is 0. The summed E-state index contributed by atoms with van der Waals surface area (Å²) in [7, 11) is 0. The third kappa shape index (κ3) is 4.13. The molecule has 48 heavy (non-hydrogen) atoms. The summed E-state index contributed by atoms with van der Waals surface area (Å²) >= 11 is 0. The average Bonchev–Trinajstić information content (AvgIpc) is 3.70. The lowest BCUT2D eigenvalue weighted by Crippen LogP contribution is -2.24. The molecule has 0 bridgehead atoms. The van der Waals surface area contributed by atoms with Gasteiger partial charge in [-0.2, -0.15) is 0 Å². The van der Waals surface area contributed by atoms with E-state index in [0.717, 1.165) is 71.8 Å². The Labute approximate surface area is 277 Å². The number of anilines is 1. The molecule has 0 radical (unpaired) electrons. The smallest absolute Gasteiger partial charge is 0.201 e. The SMILES string of the molecule is c1ccc(-c2cccc(C3=NC(n4c5cc(-c6ccccc6)ccc5c5c6oc7ccccc7c6ccc54)Nc4ccccc43)c2)cc1. The van der Waals surface area contributed by atoms with Gasteiger partial charge in [0.25, 0.3) is 0 Å². The maximum atomic E-state index is 6.62. The van der Waals surface area contributed by atoms with Gasteiger partial charge in [0.05, 0.1) is 22.1 Å². The number of nitrogens with zero attached hydrogens (tertiary/aromatic N) is 2. The number of fused-ring (bicyclic) bond motifs is 8. The van der Waals surface area contributed by atoms with Gasteiger partial charge in [-0.3, -0.25) is 0 Å². The first kappa shape index (κ1) is 26.8. The molecule has 0 aliphatic carbocycles. The molecule has 2 aromatic heterocycles. The van der Waals surface area contributed by atoms with Gasteiger partial charge in [-0.1, -0.05) is 127 Å². The van der Waals surface area contributed by atoms with E-state index in [0.29, 0.717) is 0 Å². The number of rotatable bonds is 4. The van der Waals surface area contributed by atoms with Gasteiger partial charge in [-0.05, 0) is 58.7 Å². The Morgan fingerprint density at radius 3 is 2.00 bits per heavy atom. The number of para-hydroxylation sites is 2. The van der Waals surface area contributed by atoms with Gasteiger partial charge in [0.15, 0.2) is 0 Å².